The lowest BCUT2D eigenvalue weighted by Crippen LogP contribution is -2.47. The normalized spacial score (nSPS) is 19.7. The maximum atomic E-state index is 12.9. The maximum Gasteiger partial charge on any atom is 0.229 e. The molecule has 4 nitrogen and oxygen atoms in total. The van der Waals surface area contributed by atoms with Crippen LogP contribution >= 0.6 is 11.8 Å². The molecule has 136 valence electrons. The molecule has 2 aliphatic rings. The van der Waals surface area contributed by atoms with E-state index in [1.807, 2.05) is 30.3 Å². The molecule has 0 radical (unpaired) electrons. The minimum Gasteiger partial charge on any atom is -0.344 e. The number of thioether (sulfide) groups is 1. The molecule has 0 spiro atoms. The van der Waals surface area contributed by atoms with Crippen LogP contribution in [0.4, 0.5) is 5.69 Å². The number of hydrogen-bond acceptors (Lipinski definition) is 4. The Labute approximate surface area is 164 Å². The smallest absolute Gasteiger partial charge is 0.229 e. The second-order valence-electron chi connectivity index (χ2n) is 7.04. The van der Waals surface area contributed by atoms with E-state index in [4.69, 9.17) is 0 Å². The molecular formula is C22H21N3OS. The average molecular weight is 375 g/mol. The molecular weight excluding hydrogens is 354 g/mol. The standard InChI is InChI=1S/C22H21N3OS/c1-15-8-9-18(10-16(15)2)24-13-25-21(26)11-19(17-6-4-3-5-7-17)20(12-23)22(25)27-14-24/h3-10,19H,11,13-14H2,1-2H3/t19-/m0/s1. The zero-order valence-corrected chi connectivity index (χ0v) is 16.3. The zero-order chi connectivity index (χ0) is 19.0. The summed E-state index contributed by atoms with van der Waals surface area (Å²) in [6.45, 7) is 4.70. The van der Waals surface area contributed by atoms with Crippen molar-refractivity contribution in [3.05, 3.63) is 75.8 Å². The monoisotopic (exact) mass is 375 g/mol. The molecule has 2 aromatic carbocycles. The van der Waals surface area contributed by atoms with Crippen LogP contribution in [0.25, 0.3) is 0 Å². The molecule has 0 bridgehead atoms. The van der Waals surface area contributed by atoms with Gasteiger partial charge in [-0.3, -0.25) is 9.69 Å². The summed E-state index contributed by atoms with van der Waals surface area (Å²) in [6, 6.07) is 18.6. The molecule has 0 aliphatic carbocycles. The van der Waals surface area contributed by atoms with Gasteiger partial charge in [0.1, 0.15) is 0 Å². The Hall–Kier alpha value is -2.71. The summed E-state index contributed by atoms with van der Waals surface area (Å²) in [5, 5.41) is 10.6. The highest BCUT2D eigenvalue weighted by Gasteiger charge is 2.38. The minimum absolute atomic E-state index is 0.0823. The zero-order valence-electron chi connectivity index (χ0n) is 15.5. The van der Waals surface area contributed by atoms with Crippen molar-refractivity contribution in [2.75, 3.05) is 17.4 Å². The first-order valence-electron chi connectivity index (χ1n) is 9.03. The maximum absolute atomic E-state index is 12.9. The van der Waals surface area contributed by atoms with Gasteiger partial charge in [0.2, 0.25) is 5.91 Å². The molecule has 1 amide bonds. The van der Waals surface area contributed by atoms with E-state index in [2.05, 4.69) is 43.0 Å². The number of carbonyl (C=O) groups is 1. The SMILES string of the molecule is Cc1ccc(N2CSC3=C(C#N)[C@H](c4ccccc4)CC(=O)N3C2)cc1C. The van der Waals surface area contributed by atoms with E-state index in [0.717, 1.165) is 22.2 Å². The minimum atomic E-state index is -0.143. The van der Waals surface area contributed by atoms with Crippen molar-refractivity contribution in [1.29, 1.82) is 5.26 Å². The van der Waals surface area contributed by atoms with Gasteiger partial charge in [-0.2, -0.15) is 5.26 Å². The lowest BCUT2D eigenvalue weighted by atomic mass is 9.86. The first-order chi connectivity index (χ1) is 13.1. The van der Waals surface area contributed by atoms with Gasteiger partial charge in [-0.25, -0.2) is 0 Å². The lowest BCUT2D eigenvalue weighted by Gasteiger charge is -2.42. The fourth-order valence-corrected chi connectivity index (χ4v) is 4.79. The fraction of sp³-hybridized carbons (Fsp3) is 0.273. The molecule has 2 aliphatic heterocycles. The molecule has 0 saturated carbocycles. The van der Waals surface area contributed by atoms with Crippen molar-refractivity contribution in [2.24, 2.45) is 0 Å². The topological polar surface area (TPSA) is 47.3 Å². The number of allylic oxidation sites excluding steroid dienone is 1. The molecule has 27 heavy (non-hydrogen) atoms. The summed E-state index contributed by atoms with van der Waals surface area (Å²) in [6.07, 6.45) is 0.345. The first-order valence-corrected chi connectivity index (χ1v) is 10.0. The van der Waals surface area contributed by atoms with Gasteiger partial charge in [0, 0.05) is 18.0 Å². The highest BCUT2D eigenvalue weighted by molar-refractivity contribution is 8.03. The quantitative estimate of drug-likeness (QED) is 0.774. The van der Waals surface area contributed by atoms with E-state index in [1.54, 1.807) is 16.7 Å². The van der Waals surface area contributed by atoms with Crippen LogP contribution in [0, 0.1) is 25.2 Å². The summed E-state index contributed by atoms with van der Waals surface area (Å²) in [5.74, 6) is 0.670. The summed E-state index contributed by atoms with van der Waals surface area (Å²) < 4.78 is 0. The van der Waals surface area contributed by atoms with E-state index in [0.29, 0.717) is 18.7 Å². The predicted octanol–water partition coefficient (Wildman–Crippen LogP) is 4.52. The van der Waals surface area contributed by atoms with E-state index in [9.17, 15) is 10.1 Å². The van der Waals surface area contributed by atoms with Crippen LogP contribution in [0.1, 0.15) is 29.0 Å². The van der Waals surface area contributed by atoms with Gasteiger partial charge in [-0.15, -0.1) is 0 Å². The average Bonchev–Trinajstić information content (AvgIpc) is 2.70. The van der Waals surface area contributed by atoms with Crippen LogP contribution < -0.4 is 4.90 Å². The Morgan fingerprint density at radius 3 is 2.59 bits per heavy atom. The van der Waals surface area contributed by atoms with E-state index < -0.39 is 0 Å². The number of fused-ring (bicyclic) bond motifs is 1. The summed E-state index contributed by atoms with van der Waals surface area (Å²) in [5.41, 5.74) is 5.36. The molecule has 1 atom stereocenters. The summed E-state index contributed by atoms with van der Waals surface area (Å²) in [4.78, 5) is 16.9. The van der Waals surface area contributed by atoms with Crippen molar-refractivity contribution in [1.82, 2.24) is 4.90 Å². The molecule has 4 rings (SSSR count). The second kappa shape index (κ2) is 7.13. The third-order valence-electron chi connectivity index (χ3n) is 5.35. The Bertz CT molecular complexity index is 961. The Kier molecular flexibility index (Phi) is 4.67. The van der Waals surface area contributed by atoms with Gasteiger partial charge in [-0.05, 0) is 42.7 Å². The molecule has 2 aromatic rings. The Morgan fingerprint density at radius 1 is 1.11 bits per heavy atom. The van der Waals surface area contributed by atoms with Crippen LogP contribution in [0.2, 0.25) is 0 Å². The largest absolute Gasteiger partial charge is 0.344 e. The fourth-order valence-electron chi connectivity index (χ4n) is 3.62. The van der Waals surface area contributed by atoms with Crippen molar-refractivity contribution >= 4 is 23.4 Å². The van der Waals surface area contributed by atoms with Gasteiger partial charge in [0.15, 0.2) is 0 Å². The number of nitriles is 1. The Balaban J connectivity index is 1.66. The van der Waals surface area contributed by atoms with Crippen LogP contribution in [-0.4, -0.2) is 23.4 Å². The van der Waals surface area contributed by atoms with Gasteiger partial charge < -0.3 is 4.90 Å². The third kappa shape index (κ3) is 3.22. The first kappa shape index (κ1) is 17.7. The number of benzene rings is 2. The van der Waals surface area contributed by atoms with Gasteiger partial charge in [0.25, 0.3) is 0 Å². The Morgan fingerprint density at radius 2 is 1.89 bits per heavy atom. The molecule has 1 saturated heterocycles. The number of nitrogens with zero attached hydrogens (tertiary/aromatic N) is 3. The number of hydrogen-bond donors (Lipinski definition) is 0. The number of aryl methyl sites for hydroxylation is 2. The van der Waals surface area contributed by atoms with E-state index >= 15 is 0 Å². The van der Waals surface area contributed by atoms with Crippen molar-refractivity contribution in [3.8, 4) is 6.07 Å². The summed E-state index contributed by atoms with van der Waals surface area (Å²) in [7, 11) is 0. The molecule has 2 heterocycles. The number of rotatable bonds is 2. The third-order valence-corrected chi connectivity index (χ3v) is 6.51. The van der Waals surface area contributed by atoms with Crippen molar-refractivity contribution < 1.29 is 4.79 Å². The predicted molar refractivity (Wildman–Crippen MR) is 109 cm³/mol. The van der Waals surface area contributed by atoms with Gasteiger partial charge in [0.05, 0.1) is 29.2 Å². The van der Waals surface area contributed by atoms with Crippen molar-refractivity contribution in [3.63, 3.8) is 0 Å². The van der Waals surface area contributed by atoms with Crippen molar-refractivity contribution in [2.45, 2.75) is 26.2 Å². The van der Waals surface area contributed by atoms with Gasteiger partial charge in [-0.1, -0.05) is 48.2 Å². The molecule has 1 fully saturated rings. The molecule has 0 N–H and O–H groups in total. The molecule has 0 aromatic heterocycles. The van der Waals surface area contributed by atoms with Crippen LogP contribution in [0.15, 0.2) is 59.1 Å². The number of amides is 1. The van der Waals surface area contributed by atoms with Crippen LogP contribution in [0.5, 0.6) is 0 Å². The number of carbonyl (C=O) groups excluding carboxylic acids is 1. The van der Waals surface area contributed by atoms with Crippen LogP contribution in [0.3, 0.4) is 0 Å². The lowest BCUT2D eigenvalue weighted by molar-refractivity contribution is -0.129. The van der Waals surface area contributed by atoms with Crippen LogP contribution in [-0.2, 0) is 4.79 Å². The highest BCUT2D eigenvalue weighted by Crippen LogP contribution is 2.43. The van der Waals surface area contributed by atoms with Gasteiger partial charge >= 0.3 is 0 Å². The number of anilines is 1. The van der Waals surface area contributed by atoms with E-state index in [1.165, 1.54) is 11.1 Å². The molecule has 0 unspecified atom stereocenters. The highest BCUT2D eigenvalue weighted by atomic mass is 32.2. The van der Waals surface area contributed by atoms with E-state index in [-0.39, 0.29) is 11.8 Å². The summed E-state index contributed by atoms with van der Waals surface area (Å²) >= 11 is 1.58. The second-order valence-corrected chi connectivity index (χ2v) is 7.98. The molecule has 5 heteroatoms.